The molecule has 31 heavy (non-hydrogen) atoms. The molecular formula is C22H25N3O6. The number of amides is 1. The predicted molar refractivity (Wildman–Crippen MR) is 110 cm³/mol. The van der Waals surface area contributed by atoms with Crippen molar-refractivity contribution in [3.8, 4) is 0 Å². The van der Waals surface area contributed by atoms with Gasteiger partial charge in [-0.3, -0.25) is 9.59 Å². The molecule has 1 aliphatic rings. The Hall–Kier alpha value is -3.49. The molecule has 1 atom stereocenters. The molecule has 0 aliphatic heterocycles. The number of Topliss-reactive ketones (excluding diaryl/α,β-unsaturated/α-hetero) is 1. The number of rotatable bonds is 8. The van der Waals surface area contributed by atoms with E-state index in [1.807, 2.05) is 13.0 Å². The Morgan fingerprint density at radius 1 is 1.13 bits per heavy atom. The molecule has 1 aromatic carbocycles. The number of nitrogens with one attached hydrogen (secondary N) is 1. The molecule has 0 spiro atoms. The fraction of sp³-hybridized carbons (Fsp3) is 0.409. The van der Waals surface area contributed by atoms with E-state index in [0.29, 0.717) is 18.5 Å². The highest BCUT2D eigenvalue weighted by Crippen LogP contribution is 2.32. The number of carbonyl (C=O) groups excluding carboxylic acids is 4. The van der Waals surface area contributed by atoms with Crippen molar-refractivity contribution in [2.75, 3.05) is 19.8 Å². The van der Waals surface area contributed by atoms with Gasteiger partial charge in [0, 0.05) is 24.7 Å². The molecule has 1 amide bonds. The summed E-state index contributed by atoms with van der Waals surface area (Å²) in [6.07, 6.45) is 1.88. The lowest BCUT2D eigenvalue weighted by atomic mass is 10.0. The number of hydrogen-bond donors (Lipinski definition) is 1. The number of fused-ring (bicyclic) bond motifs is 1. The van der Waals surface area contributed by atoms with Crippen LogP contribution in [0.4, 0.5) is 0 Å². The third-order valence-electron chi connectivity index (χ3n) is 4.90. The number of carbonyl (C=O) groups is 4. The van der Waals surface area contributed by atoms with E-state index in [0.717, 1.165) is 11.1 Å². The fourth-order valence-corrected chi connectivity index (χ4v) is 3.60. The first-order valence-electron chi connectivity index (χ1n) is 10.2. The van der Waals surface area contributed by atoms with Crippen LogP contribution in [0.3, 0.4) is 0 Å². The minimum absolute atomic E-state index is 0.0643. The Bertz CT molecular complexity index is 1030. The quantitative estimate of drug-likeness (QED) is 0.640. The van der Waals surface area contributed by atoms with Gasteiger partial charge >= 0.3 is 11.9 Å². The zero-order valence-corrected chi connectivity index (χ0v) is 17.8. The van der Waals surface area contributed by atoms with Crippen molar-refractivity contribution in [3.63, 3.8) is 0 Å². The van der Waals surface area contributed by atoms with E-state index < -0.39 is 18.0 Å². The summed E-state index contributed by atoms with van der Waals surface area (Å²) in [5.74, 6) is -1.82. The Kier molecular flexibility index (Phi) is 6.84. The summed E-state index contributed by atoms with van der Waals surface area (Å²) in [4.78, 5) is 53.6. The molecule has 0 fully saturated rings. The van der Waals surface area contributed by atoms with Gasteiger partial charge in [-0.2, -0.15) is 0 Å². The average Bonchev–Trinajstić information content (AvgIpc) is 3.30. The molecule has 2 aromatic rings. The summed E-state index contributed by atoms with van der Waals surface area (Å²) in [6.45, 7) is 6.00. The number of aromatic nitrogens is 2. The van der Waals surface area contributed by atoms with Crippen LogP contribution in [-0.2, 0) is 27.1 Å². The highest BCUT2D eigenvalue weighted by Gasteiger charge is 2.36. The fourth-order valence-electron chi connectivity index (χ4n) is 3.60. The second-order valence-corrected chi connectivity index (χ2v) is 7.00. The summed E-state index contributed by atoms with van der Waals surface area (Å²) in [5.41, 5.74) is 2.02. The molecule has 0 saturated heterocycles. The first kappa shape index (κ1) is 22.2. The average molecular weight is 427 g/mol. The Morgan fingerprint density at radius 3 is 2.52 bits per heavy atom. The van der Waals surface area contributed by atoms with Crippen LogP contribution in [0.5, 0.6) is 0 Å². The minimum atomic E-state index is -0.746. The zero-order valence-electron chi connectivity index (χ0n) is 17.8. The van der Waals surface area contributed by atoms with Gasteiger partial charge in [0.2, 0.25) is 11.7 Å². The first-order valence-corrected chi connectivity index (χ1v) is 10.2. The molecule has 1 aliphatic carbocycles. The molecule has 0 saturated carbocycles. The van der Waals surface area contributed by atoms with Crippen molar-refractivity contribution < 1.29 is 28.7 Å². The van der Waals surface area contributed by atoms with Crippen LogP contribution in [0.25, 0.3) is 0 Å². The summed E-state index contributed by atoms with van der Waals surface area (Å²) in [5, 5.41) is 2.75. The molecule has 1 aromatic heterocycles. The lowest BCUT2D eigenvalue weighted by molar-refractivity contribution is -0.120. The van der Waals surface area contributed by atoms with Gasteiger partial charge in [-0.25, -0.2) is 14.6 Å². The van der Waals surface area contributed by atoms with Crippen LogP contribution in [0, 0.1) is 0 Å². The molecule has 0 radical (unpaired) electrons. The summed E-state index contributed by atoms with van der Waals surface area (Å²) < 4.78 is 11.4. The first-order chi connectivity index (χ1) is 14.9. The number of nitrogens with zero attached hydrogens (tertiary/aromatic N) is 2. The summed E-state index contributed by atoms with van der Waals surface area (Å²) in [6, 6.07) is 4.53. The maximum atomic E-state index is 13.1. The van der Waals surface area contributed by atoms with Crippen LogP contribution in [-0.4, -0.2) is 52.9 Å². The normalized spacial score (nSPS) is 14.8. The number of imidazole rings is 1. The van der Waals surface area contributed by atoms with E-state index >= 15 is 0 Å². The SMILES string of the molecule is CCNC(=O)Cc1ccc2c(c1)CC(n1cc(C(=O)OCC)nc1C(=O)OCC)C2=O. The van der Waals surface area contributed by atoms with Crippen molar-refractivity contribution in [3.05, 3.63) is 52.6 Å². The maximum absolute atomic E-state index is 13.1. The number of esters is 2. The van der Waals surface area contributed by atoms with Crippen LogP contribution < -0.4 is 5.32 Å². The topological polar surface area (TPSA) is 117 Å². The second kappa shape index (κ2) is 9.55. The third-order valence-corrected chi connectivity index (χ3v) is 4.90. The molecular weight excluding hydrogens is 402 g/mol. The van der Waals surface area contributed by atoms with E-state index in [2.05, 4.69) is 10.3 Å². The highest BCUT2D eigenvalue weighted by atomic mass is 16.5. The van der Waals surface area contributed by atoms with Gasteiger partial charge in [0.05, 0.1) is 19.6 Å². The monoisotopic (exact) mass is 427 g/mol. The second-order valence-electron chi connectivity index (χ2n) is 7.00. The number of hydrogen-bond acceptors (Lipinski definition) is 7. The van der Waals surface area contributed by atoms with Crippen molar-refractivity contribution >= 4 is 23.6 Å². The zero-order chi connectivity index (χ0) is 22.5. The van der Waals surface area contributed by atoms with Gasteiger partial charge in [-0.1, -0.05) is 18.2 Å². The molecule has 0 bridgehead atoms. The molecule has 1 unspecified atom stereocenters. The highest BCUT2D eigenvalue weighted by molar-refractivity contribution is 6.04. The summed E-state index contributed by atoms with van der Waals surface area (Å²) >= 11 is 0. The van der Waals surface area contributed by atoms with Crippen molar-refractivity contribution in [1.82, 2.24) is 14.9 Å². The van der Waals surface area contributed by atoms with E-state index in [1.54, 1.807) is 26.0 Å². The van der Waals surface area contributed by atoms with Crippen LogP contribution in [0.2, 0.25) is 0 Å². The van der Waals surface area contributed by atoms with E-state index in [9.17, 15) is 19.2 Å². The third kappa shape index (κ3) is 4.65. The van der Waals surface area contributed by atoms with Gasteiger partial charge in [0.1, 0.15) is 6.04 Å². The van der Waals surface area contributed by atoms with Gasteiger partial charge in [-0.15, -0.1) is 0 Å². The Labute approximate surface area is 179 Å². The van der Waals surface area contributed by atoms with Gasteiger partial charge in [-0.05, 0) is 31.9 Å². The smallest absolute Gasteiger partial charge is 0.374 e. The van der Waals surface area contributed by atoms with Crippen LogP contribution >= 0.6 is 0 Å². The lowest BCUT2D eigenvalue weighted by Crippen LogP contribution is -2.24. The number of ketones is 1. The molecule has 1 heterocycles. The van der Waals surface area contributed by atoms with Crippen molar-refractivity contribution in [1.29, 1.82) is 0 Å². The number of benzene rings is 1. The Morgan fingerprint density at radius 2 is 1.84 bits per heavy atom. The molecule has 9 heteroatoms. The van der Waals surface area contributed by atoms with E-state index in [-0.39, 0.29) is 42.8 Å². The number of ether oxygens (including phenoxy) is 2. The Balaban J connectivity index is 1.92. The van der Waals surface area contributed by atoms with Crippen LogP contribution in [0.1, 0.15) is 69.4 Å². The number of likely N-dealkylation sites (N-methyl/N-ethyl adjacent to an activating group) is 1. The van der Waals surface area contributed by atoms with E-state index in [4.69, 9.17) is 9.47 Å². The van der Waals surface area contributed by atoms with E-state index in [1.165, 1.54) is 10.8 Å². The van der Waals surface area contributed by atoms with Gasteiger partial charge in [0.25, 0.3) is 0 Å². The molecule has 1 N–H and O–H groups in total. The van der Waals surface area contributed by atoms with Gasteiger partial charge < -0.3 is 19.4 Å². The van der Waals surface area contributed by atoms with Crippen LogP contribution in [0.15, 0.2) is 24.4 Å². The summed E-state index contributed by atoms with van der Waals surface area (Å²) in [7, 11) is 0. The van der Waals surface area contributed by atoms with Crippen molar-refractivity contribution in [2.24, 2.45) is 0 Å². The lowest BCUT2D eigenvalue weighted by Gasteiger charge is -2.12. The minimum Gasteiger partial charge on any atom is -0.461 e. The largest absolute Gasteiger partial charge is 0.461 e. The molecule has 3 rings (SSSR count). The predicted octanol–water partition coefficient (Wildman–Crippen LogP) is 1.90. The standard InChI is InChI=1S/C22H25N3O6/c1-4-23-18(26)10-13-7-8-15-14(9-13)11-17(19(15)27)25-12-16(21(28)30-5-2)24-20(25)22(29)31-6-3/h7-9,12,17H,4-6,10-11H2,1-3H3,(H,23,26). The molecule has 164 valence electrons. The molecule has 9 nitrogen and oxygen atoms in total. The van der Waals surface area contributed by atoms with Crippen molar-refractivity contribution in [2.45, 2.75) is 39.7 Å². The maximum Gasteiger partial charge on any atom is 0.374 e. The van der Waals surface area contributed by atoms with Gasteiger partial charge in [0.15, 0.2) is 11.5 Å².